The summed E-state index contributed by atoms with van der Waals surface area (Å²) in [5.41, 5.74) is 2.25. The first-order valence-corrected chi connectivity index (χ1v) is 8.39. The number of hydrogen-bond donors (Lipinski definition) is 0. The number of furan rings is 1. The number of hydrogen-bond acceptors (Lipinski definition) is 6. The topological polar surface area (TPSA) is 68.7 Å². The summed E-state index contributed by atoms with van der Waals surface area (Å²) in [7, 11) is 0. The average molecular weight is 356 g/mol. The molecule has 0 aliphatic carbocycles. The first-order chi connectivity index (χ1) is 12.3. The number of fused-ring (bicyclic) bond motifs is 2. The molecule has 5 heterocycles. The van der Waals surface area contributed by atoms with Crippen molar-refractivity contribution in [2.24, 2.45) is 0 Å². The Balaban J connectivity index is 1.66. The number of nitrogens with zero attached hydrogens (tertiary/aromatic N) is 5. The molecule has 0 bridgehead atoms. The quantitative estimate of drug-likeness (QED) is 0.550. The maximum Gasteiger partial charge on any atom is 0.155 e. The van der Waals surface area contributed by atoms with Gasteiger partial charge in [0.1, 0.15) is 22.2 Å². The maximum absolute atomic E-state index is 6.05. The van der Waals surface area contributed by atoms with Crippen LogP contribution in [0.2, 0.25) is 5.15 Å². The fourth-order valence-corrected chi connectivity index (χ4v) is 3.26. The van der Waals surface area contributed by atoms with Crippen molar-refractivity contribution in [1.82, 2.24) is 19.6 Å². The van der Waals surface area contributed by atoms with Crippen LogP contribution in [0, 0.1) is 0 Å². The van der Waals surface area contributed by atoms with Gasteiger partial charge < -0.3 is 14.1 Å². The van der Waals surface area contributed by atoms with Gasteiger partial charge in [-0.25, -0.2) is 14.5 Å². The van der Waals surface area contributed by atoms with Crippen LogP contribution in [0.15, 0.2) is 41.1 Å². The molecular weight excluding hydrogens is 342 g/mol. The summed E-state index contributed by atoms with van der Waals surface area (Å²) in [5.74, 6) is 1.59. The molecule has 0 spiro atoms. The van der Waals surface area contributed by atoms with E-state index < -0.39 is 0 Å². The normalized spacial score (nSPS) is 15.3. The number of ether oxygens (including phenoxy) is 1. The zero-order valence-corrected chi connectivity index (χ0v) is 14.0. The van der Waals surface area contributed by atoms with Gasteiger partial charge in [-0.3, -0.25) is 0 Å². The molecule has 1 fully saturated rings. The molecule has 0 amide bonds. The molecule has 0 aromatic carbocycles. The minimum atomic E-state index is 0.401. The van der Waals surface area contributed by atoms with Crippen LogP contribution < -0.4 is 4.90 Å². The molecule has 1 saturated heterocycles. The minimum Gasteiger partial charge on any atom is -0.454 e. The molecule has 0 radical (unpaired) electrons. The molecule has 0 unspecified atom stereocenters. The van der Waals surface area contributed by atoms with Crippen LogP contribution in [-0.4, -0.2) is 45.9 Å². The second kappa shape index (κ2) is 5.72. The fourth-order valence-electron chi connectivity index (χ4n) is 3.12. The smallest absolute Gasteiger partial charge is 0.155 e. The Hall–Kier alpha value is -2.64. The van der Waals surface area contributed by atoms with E-state index in [2.05, 4.69) is 20.0 Å². The van der Waals surface area contributed by atoms with Gasteiger partial charge in [-0.15, -0.1) is 0 Å². The van der Waals surface area contributed by atoms with Crippen molar-refractivity contribution in [2.45, 2.75) is 0 Å². The molecule has 1 aliphatic rings. The molecule has 0 atom stereocenters. The van der Waals surface area contributed by atoms with Gasteiger partial charge >= 0.3 is 0 Å². The Labute approximate surface area is 147 Å². The summed E-state index contributed by atoms with van der Waals surface area (Å²) >= 11 is 6.02. The van der Waals surface area contributed by atoms with Crippen LogP contribution in [0.5, 0.6) is 0 Å². The summed E-state index contributed by atoms with van der Waals surface area (Å²) in [6, 6.07) is 7.39. The molecule has 7 nitrogen and oxygen atoms in total. The van der Waals surface area contributed by atoms with Gasteiger partial charge in [-0.2, -0.15) is 5.10 Å². The van der Waals surface area contributed by atoms with Gasteiger partial charge in [0.2, 0.25) is 0 Å². The van der Waals surface area contributed by atoms with E-state index in [1.54, 1.807) is 23.0 Å². The molecule has 1 aliphatic heterocycles. The highest BCUT2D eigenvalue weighted by Crippen LogP contribution is 2.33. The van der Waals surface area contributed by atoms with E-state index in [4.69, 9.17) is 20.8 Å². The lowest BCUT2D eigenvalue weighted by molar-refractivity contribution is 0.122. The Morgan fingerprint density at radius 2 is 1.96 bits per heavy atom. The van der Waals surface area contributed by atoms with E-state index in [0.29, 0.717) is 29.8 Å². The van der Waals surface area contributed by atoms with Crippen molar-refractivity contribution in [1.29, 1.82) is 0 Å². The summed E-state index contributed by atoms with van der Waals surface area (Å²) in [6.45, 7) is 3.05. The van der Waals surface area contributed by atoms with Crippen LogP contribution in [0.3, 0.4) is 0 Å². The van der Waals surface area contributed by atoms with E-state index in [9.17, 15) is 0 Å². The van der Waals surface area contributed by atoms with Gasteiger partial charge in [0, 0.05) is 19.3 Å². The summed E-state index contributed by atoms with van der Waals surface area (Å²) in [6.07, 6.45) is 3.50. The van der Waals surface area contributed by atoms with Crippen molar-refractivity contribution in [3.63, 3.8) is 0 Å². The molecule has 4 aromatic rings. The Morgan fingerprint density at radius 3 is 2.84 bits per heavy atom. The molecule has 8 heteroatoms. The number of morpholine rings is 1. The van der Waals surface area contributed by atoms with Crippen LogP contribution >= 0.6 is 11.6 Å². The summed E-state index contributed by atoms with van der Waals surface area (Å²) < 4.78 is 13.2. The largest absolute Gasteiger partial charge is 0.454 e. The minimum absolute atomic E-state index is 0.401. The molecule has 25 heavy (non-hydrogen) atoms. The number of aromatic nitrogens is 4. The van der Waals surface area contributed by atoms with Gasteiger partial charge in [0.15, 0.2) is 11.4 Å². The number of pyridine rings is 1. The maximum atomic E-state index is 6.05. The average Bonchev–Trinajstić information content (AvgIpc) is 3.25. The standard InChI is InChI=1S/C17H14ClN5O2/c18-15-1-2-16-20-10-12(23(16)21-15)14-9-11-13(25-14)3-4-19-17(11)22-5-7-24-8-6-22/h1-4,9-10H,5-8H2. The van der Waals surface area contributed by atoms with Crippen molar-refractivity contribution in [3.8, 4) is 11.5 Å². The Morgan fingerprint density at radius 1 is 1.08 bits per heavy atom. The number of rotatable bonds is 2. The zero-order chi connectivity index (χ0) is 16.8. The Bertz CT molecular complexity index is 1070. The highest BCUT2D eigenvalue weighted by Gasteiger charge is 2.19. The van der Waals surface area contributed by atoms with E-state index >= 15 is 0 Å². The van der Waals surface area contributed by atoms with Crippen LogP contribution in [0.1, 0.15) is 0 Å². The first kappa shape index (κ1) is 14.7. The predicted molar refractivity (Wildman–Crippen MR) is 94.0 cm³/mol. The second-order valence-corrected chi connectivity index (χ2v) is 6.21. The molecular formula is C17H14ClN5O2. The first-order valence-electron chi connectivity index (χ1n) is 8.01. The van der Waals surface area contributed by atoms with Gasteiger partial charge in [-0.05, 0) is 24.3 Å². The summed E-state index contributed by atoms with van der Waals surface area (Å²) in [5, 5.41) is 5.68. The monoisotopic (exact) mass is 355 g/mol. The van der Waals surface area contributed by atoms with Crippen molar-refractivity contribution < 1.29 is 9.15 Å². The van der Waals surface area contributed by atoms with E-state index in [1.165, 1.54) is 0 Å². The van der Waals surface area contributed by atoms with Crippen LogP contribution in [0.25, 0.3) is 28.1 Å². The van der Waals surface area contributed by atoms with E-state index in [0.717, 1.165) is 35.6 Å². The number of imidazole rings is 1. The third kappa shape index (κ3) is 2.43. The van der Waals surface area contributed by atoms with E-state index in [-0.39, 0.29) is 0 Å². The molecule has 0 saturated carbocycles. The molecule has 126 valence electrons. The summed E-state index contributed by atoms with van der Waals surface area (Å²) in [4.78, 5) is 11.1. The number of anilines is 1. The van der Waals surface area contributed by atoms with Crippen LogP contribution in [0.4, 0.5) is 5.82 Å². The third-order valence-corrected chi connectivity index (χ3v) is 4.52. The number of halogens is 1. The predicted octanol–water partition coefficient (Wildman–Crippen LogP) is 3.03. The highest BCUT2D eigenvalue weighted by atomic mass is 35.5. The molecule has 0 N–H and O–H groups in total. The fraction of sp³-hybridized carbons (Fsp3) is 0.235. The van der Waals surface area contributed by atoms with Crippen LogP contribution in [-0.2, 0) is 4.74 Å². The lowest BCUT2D eigenvalue weighted by Crippen LogP contribution is -2.36. The van der Waals surface area contributed by atoms with Crippen molar-refractivity contribution in [3.05, 3.63) is 41.8 Å². The lowest BCUT2D eigenvalue weighted by atomic mass is 10.2. The second-order valence-electron chi connectivity index (χ2n) is 5.83. The third-order valence-electron chi connectivity index (χ3n) is 4.32. The lowest BCUT2D eigenvalue weighted by Gasteiger charge is -2.28. The van der Waals surface area contributed by atoms with Gasteiger partial charge in [0.05, 0.1) is 24.8 Å². The van der Waals surface area contributed by atoms with Crippen molar-refractivity contribution >= 4 is 34.0 Å². The van der Waals surface area contributed by atoms with Gasteiger partial charge in [0.25, 0.3) is 0 Å². The zero-order valence-electron chi connectivity index (χ0n) is 13.2. The molecule has 4 aromatic heterocycles. The van der Waals surface area contributed by atoms with Crippen molar-refractivity contribution in [2.75, 3.05) is 31.2 Å². The van der Waals surface area contributed by atoms with E-state index in [1.807, 2.05) is 18.2 Å². The highest BCUT2D eigenvalue weighted by molar-refractivity contribution is 6.29. The SMILES string of the molecule is Clc1ccc2ncc(-c3cc4c(N5CCOCC5)nccc4o3)n2n1. The Kier molecular flexibility index (Phi) is 3.36. The van der Waals surface area contributed by atoms with Gasteiger partial charge in [-0.1, -0.05) is 11.6 Å². The molecule has 5 rings (SSSR count).